The van der Waals surface area contributed by atoms with Crippen molar-refractivity contribution in [1.82, 2.24) is 0 Å². The molecule has 2 rings (SSSR count). The Morgan fingerprint density at radius 3 is 2.14 bits per heavy atom. The predicted octanol–water partition coefficient (Wildman–Crippen LogP) is 4.77. The molecule has 0 unspecified atom stereocenters. The Morgan fingerprint density at radius 1 is 1.18 bits per heavy atom. The highest BCUT2D eigenvalue weighted by molar-refractivity contribution is 5.30. The third-order valence-electron chi connectivity index (χ3n) is 3.57. The van der Waals surface area contributed by atoms with Crippen LogP contribution in [0.4, 0.5) is 0 Å². The highest BCUT2D eigenvalue weighted by Gasteiger charge is 2.10. The number of fused-ring (bicyclic) bond motifs is 1. The average Bonchev–Trinajstić information content (AvgIpc) is 3.02. The first-order valence-electron chi connectivity index (χ1n) is 8.07. The number of aryl methyl sites for hydroxylation is 2. The molecule has 1 aromatic carbocycles. The molecule has 120 valence electrons. The first-order chi connectivity index (χ1) is 10.7. The van der Waals surface area contributed by atoms with Crippen LogP contribution in [0.25, 0.3) is 4.85 Å². The maximum Gasteiger partial charge on any atom is 0.166 e. The van der Waals surface area contributed by atoms with Crippen LogP contribution in [-0.2, 0) is 22.3 Å². The van der Waals surface area contributed by atoms with Crippen LogP contribution in [0.15, 0.2) is 36.0 Å². The van der Waals surface area contributed by atoms with Crippen LogP contribution in [-0.4, -0.2) is 19.5 Å². The maximum atomic E-state index is 6.86. The van der Waals surface area contributed by atoms with Crippen LogP contribution >= 0.6 is 0 Å². The molecule has 0 heterocycles. The molecule has 3 nitrogen and oxygen atoms in total. The Hall–Kier alpha value is -1.63. The van der Waals surface area contributed by atoms with Gasteiger partial charge in [0.2, 0.25) is 0 Å². The fraction of sp³-hybridized carbons (Fsp3) is 0.526. The SMILES string of the molecule is [C-]#[N+]/C(=C/C)CC(OCC)OCC.c1ccc2c(c1)CCC2. The minimum Gasteiger partial charge on any atom is -0.354 e. The van der Waals surface area contributed by atoms with Crippen molar-refractivity contribution < 1.29 is 9.47 Å². The van der Waals surface area contributed by atoms with Crippen molar-refractivity contribution in [2.24, 2.45) is 0 Å². The van der Waals surface area contributed by atoms with Crippen LogP contribution in [0.5, 0.6) is 0 Å². The van der Waals surface area contributed by atoms with Gasteiger partial charge < -0.3 is 9.47 Å². The van der Waals surface area contributed by atoms with E-state index in [-0.39, 0.29) is 6.29 Å². The number of rotatable bonds is 6. The molecule has 0 spiro atoms. The lowest BCUT2D eigenvalue weighted by Gasteiger charge is -2.15. The molecular weight excluding hydrogens is 274 g/mol. The van der Waals surface area contributed by atoms with Crippen LogP contribution in [0.2, 0.25) is 0 Å². The van der Waals surface area contributed by atoms with E-state index in [9.17, 15) is 0 Å². The molecule has 1 aromatic rings. The lowest BCUT2D eigenvalue weighted by Crippen LogP contribution is -2.17. The summed E-state index contributed by atoms with van der Waals surface area (Å²) in [6.45, 7) is 13.8. The Labute approximate surface area is 134 Å². The summed E-state index contributed by atoms with van der Waals surface area (Å²) in [5.41, 5.74) is 3.82. The Kier molecular flexibility index (Phi) is 9.21. The smallest absolute Gasteiger partial charge is 0.166 e. The highest BCUT2D eigenvalue weighted by atomic mass is 16.7. The van der Waals surface area contributed by atoms with E-state index in [0.717, 1.165) is 0 Å². The van der Waals surface area contributed by atoms with E-state index in [1.165, 1.54) is 19.3 Å². The monoisotopic (exact) mass is 301 g/mol. The zero-order valence-corrected chi connectivity index (χ0v) is 14.0. The van der Waals surface area contributed by atoms with Gasteiger partial charge in [-0.3, -0.25) is 0 Å². The lowest BCUT2D eigenvalue weighted by atomic mass is 10.1. The average molecular weight is 301 g/mol. The van der Waals surface area contributed by atoms with Gasteiger partial charge in [-0.2, -0.15) is 0 Å². The second-order valence-electron chi connectivity index (χ2n) is 5.06. The van der Waals surface area contributed by atoms with E-state index in [2.05, 4.69) is 29.1 Å². The Bertz CT molecular complexity index is 473. The van der Waals surface area contributed by atoms with Crippen molar-refractivity contribution in [1.29, 1.82) is 0 Å². The van der Waals surface area contributed by atoms with Crippen molar-refractivity contribution in [3.8, 4) is 0 Å². The van der Waals surface area contributed by atoms with Gasteiger partial charge in [-0.25, -0.2) is 4.85 Å². The predicted molar refractivity (Wildman–Crippen MR) is 90.5 cm³/mol. The van der Waals surface area contributed by atoms with E-state index < -0.39 is 0 Å². The minimum atomic E-state index is -0.268. The number of hydrogen-bond acceptors (Lipinski definition) is 2. The van der Waals surface area contributed by atoms with E-state index in [1.54, 1.807) is 17.2 Å². The molecule has 0 aromatic heterocycles. The summed E-state index contributed by atoms with van der Waals surface area (Å²) in [7, 11) is 0. The summed E-state index contributed by atoms with van der Waals surface area (Å²) in [6.07, 6.45) is 6.03. The Balaban J connectivity index is 0.000000231. The van der Waals surface area contributed by atoms with E-state index in [1.807, 2.05) is 20.8 Å². The first-order valence-corrected chi connectivity index (χ1v) is 8.07. The quantitative estimate of drug-likeness (QED) is 0.558. The summed E-state index contributed by atoms with van der Waals surface area (Å²) < 4.78 is 10.6. The normalized spacial score (nSPS) is 13.3. The molecule has 0 amide bonds. The second kappa shape index (κ2) is 11.0. The summed E-state index contributed by atoms with van der Waals surface area (Å²) in [4.78, 5) is 3.36. The van der Waals surface area contributed by atoms with E-state index >= 15 is 0 Å². The summed E-state index contributed by atoms with van der Waals surface area (Å²) in [5.74, 6) is 0. The largest absolute Gasteiger partial charge is 0.354 e. The summed E-state index contributed by atoms with van der Waals surface area (Å²) in [6, 6.07) is 8.74. The van der Waals surface area contributed by atoms with Crippen molar-refractivity contribution >= 4 is 0 Å². The van der Waals surface area contributed by atoms with Gasteiger partial charge in [-0.05, 0) is 44.2 Å². The van der Waals surface area contributed by atoms with Crippen molar-refractivity contribution in [2.75, 3.05) is 13.2 Å². The molecule has 1 aliphatic rings. The van der Waals surface area contributed by atoms with Gasteiger partial charge >= 0.3 is 0 Å². The van der Waals surface area contributed by atoms with Gasteiger partial charge in [-0.1, -0.05) is 37.3 Å². The van der Waals surface area contributed by atoms with Gasteiger partial charge in [0.25, 0.3) is 0 Å². The van der Waals surface area contributed by atoms with Gasteiger partial charge in [0, 0.05) is 19.6 Å². The van der Waals surface area contributed by atoms with Gasteiger partial charge in [0.1, 0.15) is 0 Å². The molecule has 0 bridgehead atoms. The summed E-state index contributed by atoms with van der Waals surface area (Å²) >= 11 is 0. The van der Waals surface area contributed by atoms with Gasteiger partial charge in [-0.15, -0.1) is 0 Å². The van der Waals surface area contributed by atoms with Gasteiger partial charge in [0.05, 0.1) is 6.57 Å². The molecular formula is C19H27NO2. The zero-order chi connectivity index (χ0) is 16.2. The van der Waals surface area contributed by atoms with Crippen molar-refractivity contribution in [2.45, 2.75) is 52.7 Å². The third kappa shape index (κ3) is 6.43. The fourth-order valence-electron chi connectivity index (χ4n) is 2.45. The third-order valence-corrected chi connectivity index (χ3v) is 3.57. The molecule has 0 saturated heterocycles. The molecule has 0 atom stereocenters. The van der Waals surface area contributed by atoms with Crippen molar-refractivity contribution in [3.63, 3.8) is 0 Å². The summed E-state index contributed by atoms with van der Waals surface area (Å²) in [5, 5.41) is 0. The number of hydrogen-bond donors (Lipinski definition) is 0. The number of allylic oxidation sites excluding steroid dienone is 1. The molecule has 22 heavy (non-hydrogen) atoms. The Morgan fingerprint density at radius 2 is 1.73 bits per heavy atom. The molecule has 0 saturated carbocycles. The standard InChI is InChI=1S/C10H17NO2.C9H10/c1-5-9(11-4)8-10(12-6-2)13-7-3;1-2-5-9-7-3-6-8(9)4-1/h5,10H,6-8H2,1-3H3;1-2,4-5H,3,6-7H2/b9-5+;. The first kappa shape index (κ1) is 18.4. The highest BCUT2D eigenvalue weighted by Crippen LogP contribution is 2.20. The van der Waals surface area contributed by atoms with Crippen LogP contribution in [0.3, 0.4) is 0 Å². The van der Waals surface area contributed by atoms with E-state index in [4.69, 9.17) is 16.0 Å². The van der Waals surface area contributed by atoms with Crippen LogP contribution < -0.4 is 0 Å². The van der Waals surface area contributed by atoms with Crippen molar-refractivity contribution in [3.05, 3.63) is 58.6 Å². The van der Waals surface area contributed by atoms with Crippen LogP contribution in [0.1, 0.15) is 44.7 Å². The second-order valence-corrected chi connectivity index (χ2v) is 5.06. The molecule has 0 N–H and O–H groups in total. The zero-order valence-electron chi connectivity index (χ0n) is 14.0. The molecule has 3 heteroatoms. The minimum absolute atomic E-state index is 0.268. The lowest BCUT2D eigenvalue weighted by molar-refractivity contribution is -0.134. The number of nitrogens with zero attached hydrogens (tertiary/aromatic N) is 1. The van der Waals surface area contributed by atoms with E-state index in [0.29, 0.717) is 25.3 Å². The topological polar surface area (TPSA) is 22.8 Å². The maximum absolute atomic E-state index is 6.86. The van der Waals surface area contributed by atoms with Gasteiger partial charge in [0.15, 0.2) is 12.0 Å². The molecule has 0 fully saturated rings. The van der Waals surface area contributed by atoms with Crippen LogP contribution in [0, 0.1) is 6.57 Å². The molecule has 0 radical (unpaired) electrons. The number of ether oxygens (including phenoxy) is 2. The molecule has 1 aliphatic carbocycles. The fourth-order valence-corrected chi connectivity index (χ4v) is 2.45. The number of benzene rings is 1. The molecule has 0 aliphatic heterocycles.